The van der Waals surface area contributed by atoms with Gasteiger partial charge in [0.25, 0.3) is 6.47 Å². The van der Waals surface area contributed by atoms with Gasteiger partial charge in [-0.05, 0) is 96.5 Å². The molecule has 0 saturated heterocycles. The summed E-state index contributed by atoms with van der Waals surface area (Å²) >= 11 is 0. The van der Waals surface area contributed by atoms with Crippen molar-refractivity contribution in [2.24, 2.45) is 39.9 Å². The molecule has 4 aliphatic rings. The van der Waals surface area contributed by atoms with Gasteiger partial charge >= 0.3 is 0 Å². The van der Waals surface area contributed by atoms with Gasteiger partial charge in [0, 0.05) is 5.92 Å². The fourth-order valence-electron chi connectivity index (χ4n) is 8.34. The van der Waals surface area contributed by atoms with Crippen LogP contribution in [0.25, 0.3) is 0 Å². The normalized spacial score (nSPS) is 40.1. The molecule has 4 aliphatic carbocycles. The second-order valence-corrected chi connectivity index (χ2v) is 12.9. The Morgan fingerprint density at radius 3 is 2.61 bits per heavy atom. The second kappa shape index (κ2) is 8.70. The average molecular weight is 455 g/mol. The molecule has 0 unspecified atom stereocenters. The highest BCUT2D eigenvalue weighted by Crippen LogP contribution is 2.66. The zero-order valence-corrected chi connectivity index (χ0v) is 21.8. The van der Waals surface area contributed by atoms with Crippen molar-refractivity contribution < 1.29 is 14.6 Å². The summed E-state index contributed by atoms with van der Waals surface area (Å²) in [5.74, 6) is 1.88. The van der Waals surface area contributed by atoms with Crippen LogP contribution in [0.5, 0.6) is 0 Å². The van der Waals surface area contributed by atoms with Crippen molar-refractivity contribution in [3.63, 3.8) is 0 Å². The van der Waals surface area contributed by atoms with Gasteiger partial charge in [-0.3, -0.25) is 4.79 Å². The Labute approximate surface area is 201 Å². The molecule has 0 aliphatic heterocycles. The SMILES string of the molecule is C=C(CC[C@@H](OC=O)[C@H]1CC[C@H]2C3=CC[C@H]4C(C)(C)[C@@H](O)CC[C@]4(C)C3=CC[C@]12C)C(C)C. The van der Waals surface area contributed by atoms with E-state index in [9.17, 15) is 9.90 Å². The van der Waals surface area contributed by atoms with Crippen molar-refractivity contribution >= 4 is 6.47 Å². The first-order valence-corrected chi connectivity index (χ1v) is 13.3. The van der Waals surface area contributed by atoms with E-state index in [1.54, 1.807) is 11.1 Å². The number of hydrogen-bond acceptors (Lipinski definition) is 3. The summed E-state index contributed by atoms with van der Waals surface area (Å²) in [5.41, 5.74) is 4.62. The number of aliphatic hydroxyl groups is 1. The maximum atomic E-state index is 11.4. The number of rotatable bonds is 7. The molecule has 2 saturated carbocycles. The molecule has 0 spiro atoms. The molecule has 3 nitrogen and oxygen atoms in total. The largest absolute Gasteiger partial charge is 0.464 e. The summed E-state index contributed by atoms with van der Waals surface area (Å²) in [5, 5.41) is 10.8. The molecule has 1 N–H and O–H groups in total. The smallest absolute Gasteiger partial charge is 0.293 e. The Balaban J connectivity index is 1.61. The van der Waals surface area contributed by atoms with Crippen molar-refractivity contribution in [3.8, 4) is 0 Å². The molecule has 0 aromatic carbocycles. The van der Waals surface area contributed by atoms with Gasteiger partial charge < -0.3 is 9.84 Å². The van der Waals surface area contributed by atoms with Gasteiger partial charge in [-0.2, -0.15) is 0 Å². The van der Waals surface area contributed by atoms with Crippen molar-refractivity contribution in [1.82, 2.24) is 0 Å². The van der Waals surface area contributed by atoms with Gasteiger partial charge in [0.05, 0.1) is 6.10 Å². The van der Waals surface area contributed by atoms with Crippen LogP contribution in [0, 0.1) is 39.9 Å². The van der Waals surface area contributed by atoms with Gasteiger partial charge in [0.1, 0.15) is 6.10 Å². The third-order valence-electron chi connectivity index (χ3n) is 10.7. The minimum atomic E-state index is -0.210. The van der Waals surface area contributed by atoms with Crippen molar-refractivity contribution in [3.05, 3.63) is 35.5 Å². The van der Waals surface area contributed by atoms with E-state index in [1.165, 1.54) is 12.0 Å². The zero-order chi connectivity index (χ0) is 24.2. The van der Waals surface area contributed by atoms with Crippen LogP contribution in [0.4, 0.5) is 0 Å². The third kappa shape index (κ3) is 3.87. The van der Waals surface area contributed by atoms with Crippen LogP contribution >= 0.6 is 0 Å². The maximum Gasteiger partial charge on any atom is 0.293 e. The summed E-state index contributed by atoms with van der Waals surface area (Å²) in [6.45, 7) is 18.7. The first-order valence-electron chi connectivity index (χ1n) is 13.3. The molecular formula is C30H46O3. The second-order valence-electron chi connectivity index (χ2n) is 12.9. The standard InChI is InChI=1S/C30H46O3/c1-19(2)20(3)8-12-25(33-18-31)24-11-10-22-21-9-13-26-28(4,5)27(32)15-17-30(26,7)23(21)14-16-29(22,24)6/h9,14,18-19,22,24-27,32H,3,8,10-13,15-17H2,1-2,4-7H3/t22-,24+,25+,26-,27-,29-,30+/m0/s1. The molecule has 0 radical (unpaired) electrons. The highest BCUT2D eigenvalue weighted by atomic mass is 16.5. The van der Waals surface area contributed by atoms with Gasteiger partial charge in [-0.25, -0.2) is 0 Å². The lowest BCUT2D eigenvalue weighted by Crippen LogP contribution is -2.53. The molecular weight excluding hydrogens is 408 g/mol. The maximum absolute atomic E-state index is 11.4. The molecule has 2 fully saturated rings. The number of carbonyl (C=O) groups excluding carboxylic acids is 1. The van der Waals surface area contributed by atoms with Crippen LogP contribution in [-0.2, 0) is 9.53 Å². The quantitative estimate of drug-likeness (QED) is 0.332. The first-order chi connectivity index (χ1) is 15.5. The van der Waals surface area contributed by atoms with Crippen LogP contribution in [0.2, 0.25) is 0 Å². The van der Waals surface area contributed by atoms with E-state index in [2.05, 4.69) is 60.3 Å². The Morgan fingerprint density at radius 2 is 1.94 bits per heavy atom. The number of allylic oxidation sites excluding steroid dienone is 5. The molecule has 3 heteroatoms. The van der Waals surface area contributed by atoms with Crippen molar-refractivity contribution in [2.75, 3.05) is 0 Å². The van der Waals surface area contributed by atoms with Crippen LogP contribution in [0.15, 0.2) is 35.5 Å². The Morgan fingerprint density at radius 1 is 1.21 bits per heavy atom. The minimum absolute atomic E-state index is 0.0285. The molecule has 0 bridgehead atoms. The average Bonchev–Trinajstić information content (AvgIpc) is 3.11. The minimum Gasteiger partial charge on any atom is -0.464 e. The molecule has 7 atom stereocenters. The highest BCUT2D eigenvalue weighted by molar-refractivity contribution is 5.47. The van der Waals surface area contributed by atoms with E-state index < -0.39 is 0 Å². The van der Waals surface area contributed by atoms with Gasteiger partial charge in [-0.1, -0.05) is 65.8 Å². The summed E-state index contributed by atoms with van der Waals surface area (Å²) in [6.07, 6.45) is 13.0. The monoisotopic (exact) mass is 454 g/mol. The van der Waals surface area contributed by atoms with Gasteiger partial charge in [0.15, 0.2) is 0 Å². The number of fused-ring (bicyclic) bond motifs is 5. The van der Waals surface area contributed by atoms with Crippen molar-refractivity contribution in [1.29, 1.82) is 0 Å². The van der Waals surface area contributed by atoms with Crippen LogP contribution in [0.3, 0.4) is 0 Å². The fraction of sp³-hybridized carbons (Fsp3) is 0.767. The number of aliphatic hydroxyl groups excluding tert-OH is 1. The zero-order valence-electron chi connectivity index (χ0n) is 21.8. The van der Waals surface area contributed by atoms with Crippen LogP contribution in [0.1, 0.15) is 92.9 Å². The van der Waals surface area contributed by atoms with E-state index in [0.717, 1.165) is 44.9 Å². The van der Waals surface area contributed by atoms with E-state index in [4.69, 9.17) is 4.74 Å². The Hall–Kier alpha value is -1.35. The van der Waals surface area contributed by atoms with Gasteiger partial charge in [-0.15, -0.1) is 0 Å². The van der Waals surface area contributed by atoms with E-state index in [1.807, 2.05) is 0 Å². The van der Waals surface area contributed by atoms with Gasteiger partial charge in [0.2, 0.25) is 0 Å². The van der Waals surface area contributed by atoms with E-state index in [-0.39, 0.29) is 28.5 Å². The third-order valence-corrected chi connectivity index (χ3v) is 10.7. The van der Waals surface area contributed by atoms with Crippen molar-refractivity contribution in [2.45, 2.75) is 105 Å². The summed E-state index contributed by atoms with van der Waals surface area (Å²) < 4.78 is 5.76. The topological polar surface area (TPSA) is 46.5 Å². The Kier molecular flexibility index (Phi) is 6.53. The lowest BCUT2D eigenvalue weighted by atomic mass is 9.47. The Bertz CT molecular complexity index is 849. The fourth-order valence-corrected chi connectivity index (χ4v) is 8.34. The predicted molar refractivity (Wildman–Crippen MR) is 134 cm³/mol. The van der Waals surface area contributed by atoms with Crippen LogP contribution < -0.4 is 0 Å². The number of carbonyl (C=O) groups is 1. The summed E-state index contributed by atoms with van der Waals surface area (Å²) in [7, 11) is 0. The summed E-state index contributed by atoms with van der Waals surface area (Å²) in [6, 6.07) is 0. The molecule has 0 amide bonds. The molecule has 0 aromatic heterocycles. The lowest BCUT2D eigenvalue weighted by molar-refractivity contribution is -0.139. The molecule has 33 heavy (non-hydrogen) atoms. The lowest BCUT2D eigenvalue weighted by Gasteiger charge is -2.58. The molecule has 4 rings (SSSR count). The number of hydrogen-bond donors (Lipinski definition) is 1. The predicted octanol–water partition coefficient (Wildman–Crippen LogP) is 7.02. The highest BCUT2D eigenvalue weighted by Gasteiger charge is 2.59. The van der Waals surface area contributed by atoms with Crippen LogP contribution in [-0.4, -0.2) is 23.8 Å². The molecule has 184 valence electrons. The summed E-state index contributed by atoms with van der Waals surface area (Å²) in [4.78, 5) is 11.4. The molecule has 0 aromatic rings. The van der Waals surface area contributed by atoms with E-state index in [0.29, 0.717) is 30.1 Å². The van der Waals surface area contributed by atoms with E-state index >= 15 is 0 Å². The first kappa shape index (κ1) is 24.8. The molecule has 0 heterocycles. The number of ether oxygens (including phenoxy) is 1.